The highest BCUT2D eigenvalue weighted by atomic mass is 35.5. The zero-order valence-electron chi connectivity index (χ0n) is 21.9. The lowest BCUT2D eigenvalue weighted by molar-refractivity contribution is -0.140. The second kappa shape index (κ2) is 13.2. The maximum absolute atomic E-state index is 13.4. The molecule has 206 valence electrons. The van der Waals surface area contributed by atoms with Crippen molar-refractivity contribution in [3.8, 4) is 0 Å². The Labute approximate surface area is 235 Å². The quantitative estimate of drug-likeness (QED) is 0.374. The lowest BCUT2D eigenvalue weighted by atomic mass is 10.1. The monoisotopic (exact) mass is 568 g/mol. The third kappa shape index (κ3) is 7.65. The SMILES string of the molecule is CC(C(=O)NCc1ccncc1)N(Cc1ccc(Cl)cc1)C(=O)CCc1ccc(S(=O)(=O)N2CCCC2)cc1. The Morgan fingerprint density at radius 1 is 0.949 bits per heavy atom. The molecule has 0 aliphatic carbocycles. The van der Waals surface area contributed by atoms with Gasteiger partial charge in [0.1, 0.15) is 6.04 Å². The van der Waals surface area contributed by atoms with Crippen LogP contribution in [0.25, 0.3) is 0 Å². The summed E-state index contributed by atoms with van der Waals surface area (Å²) in [4.78, 5) is 32.3. The standard InChI is InChI=1S/C29H33ClN4O4S/c1-22(29(36)32-20-24-14-16-31-17-15-24)34(21-25-4-9-26(30)10-5-25)28(35)13-8-23-6-11-27(12-7-23)39(37,38)33-18-2-3-19-33/h4-7,9-12,14-17,22H,2-3,8,13,18-21H2,1H3,(H,32,36). The summed E-state index contributed by atoms with van der Waals surface area (Å²) < 4.78 is 27.1. The summed E-state index contributed by atoms with van der Waals surface area (Å²) in [6, 6.07) is 16.8. The van der Waals surface area contributed by atoms with Gasteiger partial charge < -0.3 is 10.2 Å². The van der Waals surface area contributed by atoms with E-state index in [0.717, 1.165) is 29.5 Å². The van der Waals surface area contributed by atoms with Gasteiger partial charge in [0, 0.05) is 50.0 Å². The number of rotatable bonds is 11. The number of hydrogen-bond acceptors (Lipinski definition) is 5. The van der Waals surface area contributed by atoms with E-state index in [1.54, 1.807) is 60.6 Å². The van der Waals surface area contributed by atoms with Crippen LogP contribution in [-0.2, 0) is 39.1 Å². The van der Waals surface area contributed by atoms with Crippen molar-refractivity contribution < 1.29 is 18.0 Å². The van der Waals surface area contributed by atoms with Crippen LogP contribution in [0.2, 0.25) is 5.02 Å². The van der Waals surface area contributed by atoms with Gasteiger partial charge in [-0.3, -0.25) is 14.6 Å². The normalized spacial score (nSPS) is 14.6. The highest BCUT2D eigenvalue weighted by Crippen LogP contribution is 2.22. The number of sulfonamides is 1. The lowest BCUT2D eigenvalue weighted by Crippen LogP contribution is -2.47. The van der Waals surface area contributed by atoms with E-state index in [4.69, 9.17) is 11.6 Å². The van der Waals surface area contributed by atoms with Gasteiger partial charge in [0.05, 0.1) is 4.90 Å². The Bertz CT molecular complexity index is 1360. The minimum atomic E-state index is -3.48. The first kappa shape index (κ1) is 28.7. The molecule has 0 spiro atoms. The predicted octanol–water partition coefficient (Wildman–Crippen LogP) is 4.19. The van der Waals surface area contributed by atoms with Gasteiger partial charge in [0.2, 0.25) is 21.8 Å². The number of nitrogens with zero attached hydrogens (tertiary/aromatic N) is 3. The van der Waals surface area contributed by atoms with Crippen molar-refractivity contribution in [2.75, 3.05) is 13.1 Å². The topological polar surface area (TPSA) is 99.7 Å². The molecule has 2 heterocycles. The number of amides is 2. The Hall–Kier alpha value is -3.27. The molecule has 8 nitrogen and oxygen atoms in total. The molecule has 1 atom stereocenters. The smallest absolute Gasteiger partial charge is 0.243 e. The van der Waals surface area contributed by atoms with Gasteiger partial charge >= 0.3 is 0 Å². The fourth-order valence-corrected chi connectivity index (χ4v) is 6.15. The Morgan fingerprint density at radius 2 is 1.56 bits per heavy atom. The number of benzene rings is 2. The number of aryl methyl sites for hydroxylation is 1. The minimum Gasteiger partial charge on any atom is -0.350 e. The summed E-state index contributed by atoms with van der Waals surface area (Å²) in [6.45, 7) is 3.41. The molecule has 39 heavy (non-hydrogen) atoms. The van der Waals surface area contributed by atoms with Gasteiger partial charge in [0.15, 0.2) is 0 Å². The van der Waals surface area contributed by atoms with E-state index in [1.807, 2.05) is 24.3 Å². The number of carbonyl (C=O) groups excluding carboxylic acids is 2. The molecule has 1 aromatic heterocycles. The summed E-state index contributed by atoms with van der Waals surface area (Å²) in [5, 5.41) is 3.50. The van der Waals surface area contributed by atoms with Gasteiger partial charge in [-0.25, -0.2) is 8.42 Å². The van der Waals surface area contributed by atoms with Crippen LogP contribution in [0.5, 0.6) is 0 Å². The van der Waals surface area contributed by atoms with Crippen LogP contribution < -0.4 is 5.32 Å². The third-order valence-electron chi connectivity index (χ3n) is 6.90. The molecule has 4 rings (SSSR count). The second-order valence-corrected chi connectivity index (χ2v) is 12.0. The van der Waals surface area contributed by atoms with Crippen molar-refractivity contribution in [3.05, 3.63) is 94.8 Å². The Balaban J connectivity index is 1.42. The van der Waals surface area contributed by atoms with E-state index in [0.29, 0.717) is 31.1 Å². The number of carbonyl (C=O) groups is 2. The number of halogens is 1. The van der Waals surface area contributed by atoms with Crippen LogP contribution in [0.3, 0.4) is 0 Å². The molecule has 1 N–H and O–H groups in total. The van der Waals surface area contributed by atoms with E-state index in [2.05, 4.69) is 10.3 Å². The summed E-state index contributed by atoms with van der Waals surface area (Å²) in [5.41, 5.74) is 2.62. The van der Waals surface area contributed by atoms with E-state index in [1.165, 1.54) is 4.31 Å². The Kier molecular flexibility index (Phi) is 9.72. The molecule has 2 amide bonds. The fraction of sp³-hybridized carbons (Fsp3) is 0.345. The largest absolute Gasteiger partial charge is 0.350 e. The van der Waals surface area contributed by atoms with Gasteiger partial charge in [-0.05, 0) is 79.3 Å². The average molecular weight is 569 g/mol. The predicted molar refractivity (Wildman–Crippen MR) is 150 cm³/mol. The molecule has 1 fully saturated rings. The summed E-state index contributed by atoms with van der Waals surface area (Å²) in [7, 11) is -3.48. The van der Waals surface area contributed by atoms with E-state index in [-0.39, 0.29) is 29.7 Å². The van der Waals surface area contributed by atoms with Crippen molar-refractivity contribution in [2.45, 2.75) is 56.6 Å². The van der Waals surface area contributed by atoms with Crippen LogP contribution in [0.15, 0.2) is 78.0 Å². The van der Waals surface area contributed by atoms with Crippen LogP contribution in [0.4, 0.5) is 0 Å². The molecule has 0 saturated carbocycles. The van der Waals surface area contributed by atoms with E-state index < -0.39 is 16.1 Å². The number of pyridine rings is 1. The fourth-order valence-electron chi connectivity index (χ4n) is 4.51. The lowest BCUT2D eigenvalue weighted by Gasteiger charge is -2.29. The Morgan fingerprint density at radius 3 is 2.21 bits per heavy atom. The van der Waals surface area contributed by atoms with Crippen LogP contribution in [-0.4, -0.2) is 53.6 Å². The maximum Gasteiger partial charge on any atom is 0.243 e. The molecule has 10 heteroatoms. The maximum atomic E-state index is 13.4. The molecule has 1 aliphatic rings. The molecular formula is C29H33ClN4O4S. The van der Waals surface area contributed by atoms with Crippen molar-refractivity contribution in [1.29, 1.82) is 0 Å². The van der Waals surface area contributed by atoms with E-state index in [9.17, 15) is 18.0 Å². The van der Waals surface area contributed by atoms with Gasteiger partial charge in [-0.1, -0.05) is 35.9 Å². The first-order chi connectivity index (χ1) is 18.7. The summed E-state index contributed by atoms with van der Waals surface area (Å²) >= 11 is 6.03. The molecule has 3 aromatic rings. The molecule has 2 aromatic carbocycles. The third-order valence-corrected chi connectivity index (χ3v) is 9.07. The number of aromatic nitrogens is 1. The van der Waals surface area contributed by atoms with Crippen LogP contribution >= 0.6 is 11.6 Å². The van der Waals surface area contributed by atoms with Crippen molar-refractivity contribution in [1.82, 2.24) is 19.5 Å². The van der Waals surface area contributed by atoms with Crippen LogP contribution in [0.1, 0.15) is 42.9 Å². The van der Waals surface area contributed by atoms with E-state index >= 15 is 0 Å². The molecule has 1 aliphatic heterocycles. The van der Waals surface area contributed by atoms with Crippen molar-refractivity contribution >= 4 is 33.4 Å². The minimum absolute atomic E-state index is 0.174. The second-order valence-electron chi connectivity index (χ2n) is 9.65. The first-order valence-corrected chi connectivity index (χ1v) is 14.9. The van der Waals surface area contributed by atoms with Crippen molar-refractivity contribution in [2.24, 2.45) is 0 Å². The molecule has 1 unspecified atom stereocenters. The summed E-state index contributed by atoms with van der Waals surface area (Å²) in [5.74, 6) is -0.434. The first-order valence-electron chi connectivity index (χ1n) is 13.0. The zero-order valence-corrected chi connectivity index (χ0v) is 23.5. The molecule has 0 bridgehead atoms. The highest BCUT2D eigenvalue weighted by Gasteiger charge is 2.28. The van der Waals surface area contributed by atoms with Crippen LogP contribution in [0, 0.1) is 0 Å². The summed E-state index contributed by atoms with van der Waals surface area (Å²) in [6.07, 6.45) is 5.68. The van der Waals surface area contributed by atoms with Gasteiger partial charge in [0.25, 0.3) is 0 Å². The molecule has 1 saturated heterocycles. The molecule has 0 radical (unpaired) electrons. The van der Waals surface area contributed by atoms with Gasteiger partial charge in [-0.2, -0.15) is 4.31 Å². The number of hydrogen-bond donors (Lipinski definition) is 1. The van der Waals surface area contributed by atoms with Crippen molar-refractivity contribution in [3.63, 3.8) is 0 Å². The zero-order chi connectivity index (χ0) is 27.8. The average Bonchev–Trinajstić information content (AvgIpc) is 3.51. The number of nitrogens with one attached hydrogen (secondary N) is 1. The highest BCUT2D eigenvalue weighted by molar-refractivity contribution is 7.89. The molecular weight excluding hydrogens is 536 g/mol. The van der Waals surface area contributed by atoms with Gasteiger partial charge in [-0.15, -0.1) is 0 Å².